The lowest BCUT2D eigenvalue weighted by molar-refractivity contribution is 0.0959. The SMILES string of the molecule is C#CCNC(=O)c1ccccc1NS(=O)(=O)c1ccc(F)cc1. The summed E-state index contributed by atoms with van der Waals surface area (Å²) in [5, 5.41) is 2.46. The van der Waals surface area contributed by atoms with Crippen molar-refractivity contribution in [2.24, 2.45) is 0 Å². The minimum atomic E-state index is -3.94. The van der Waals surface area contributed by atoms with Gasteiger partial charge in [-0.1, -0.05) is 18.1 Å². The van der Waals surface area contributed by atoms with Gasteiger partial charge in [0, 0.05) is 0 Å². The molecule has 2 aromatic carbocycles. The lowest BCUT2D eigenvalue weighted by Crippen LogP contribution is -2.25. The van der Waals surface area contributed by atoms with E-state index in [1.165, 1.54) is 12.1 Å². The van der Waals surface area contributed by atoms with Crippen LogP contribution in [0.4, 0.5) is 10.1 Å². The maximum atomic E-state index is 12.9. The molecule has 2 N–H and O–H groups in total. The molecule has 0 aliphatic carbocycles. The normalized spacial score (nSPS) is 10.6. The zero-order chi connectivity index (χ0) is 16.9. The number of halogens is 1. The second-order valence-corrected chi connectivity index (χ2v) is 6.17. The lowest BCUT2D eigenvalue weighted by Gasteiger charge is -2.12. The summed E-state index contributed by atoms with van der Waals surface area (Å²) in [6.45, 7) is 0.0257. The van der Waals surface area contributed by atoms with Gasteiger partial charge in [-0.25, -0.2) is 12.8 Å². The molecule has 0 saturated heterocycles. The molecule has 0 heterocycles. The predicted octanol–water partition coefficient (Wildman–Crippen LogP) is 1.99. The Bertz CT molecular complexity index is 856. The van der Waals surface area contributed by atoms with Crippen LogP contribution in [0, 0.1) is 18.2 Å². The number of terminal acetylenes is 1. The molecule has 2 aromatic rings. The van der Waals surface area contributed by atoms with E-state index in [1.807, 2.05) is 0 Å². The van der Waals surface area contributed by atoms with Crippen molar-refractivity contribution in [3.8, 4) is 12.3 Å². The molecule has 0 saturated carbocycles. The van der Waals surface area contributed by atoms with Crippen LogP contribution in [-0.2, 0) is 10.0 Å². The molecule has 0 fully saturated rings. The van der Waals surface area contributed by atoms with Gasteiger partial charge in [0.15, 0.2) is 0 Å². The van der Waals surface area contributed by atoms with Crippen molar-refractivity contribution < 1.29 is 17.6 Å². The third-order valence-corrected chi connectivity index (χ3v) is 4.27. The predicted molar refractivity (Wildman–Crippen MR) is 84.8 cm³/mol. The van der Waals surface area contributed by atoms with E-state index in [0.717, 1.165) is 24.3 Å². The Morgan fingerprint density at radius 3 is 2.43 bits per heavy atom. The zero-order valence-electron chi connectivity index (χ0n) is 11.9. The highest BCUT2D eigenvalue weighted by Gasteiger charge is 2.18. The van der Waals surface area contributed by atoms with Crippen LogP contribution in [0.3, 0.4) is 0 Å². The Morgan fingerprint density at radius 2 is 1.78 bits per heavy atom. The average molecular weight is 332 g/mol. The van der Waals surface area contributed by atoms with Crippen molar-refractivity contribution in [1.82, 2.24) is 5.32 Å². The molecule has 0 atom stereocenters. The molecule has 1 amide bonds. The maximum Gasteiger partial charge on any atom is 0.261 e. The van der Waals surface area contributed by atoms with E-state index in [1.54, 1.807) is 12.1 Å². The van der Waals surface area contributed by atoms with E-state index < -0.39 is 21.7 Å². The van der Waals surface area contributed by atoms with E-state index in [9.17, 15) is 17.6 Å². The van der Waals surface area contributed by atoms with E-state index in [2.05, 4.69) is 16.0 Å². The standard InChI is InChI=1S/C16H13FN2O3S/c1-2-11-18-16(20)14-5-3-4-6-15(14)19-23(21,22)13-9-7-12(17)8-10-13/h1,3-10,19H,11H2,(H,18,20). The first-order valence-corrected chi connectivity index (χ1v) is 8.01. The fourth-order valence-corrected chi connectivity index (χ4v) is 2.89. The summed E-state index contributed by atoms with van der Waals surface area (Å²) in [7, 11) is -3.94. The Labute approximate surface area is 133 Å². The summed E-state index contributed by atoms with van der Waals surface area (Å²) in [5.41, 5.74) is 0.236. The first kappa shape index (κ1) is 16.5. The number of amides is 1. The summed E-state index contributed by atoms with van der Waals surface area (Å²) >= 11 is 0. The number of rotatable bonds is 5. The summed E-state index contributed by atoms with van der Waals surface area (Å²) in [6, 6.07) is 10.5. The van der Waals surface area contributed by atoms with Gasteiger partial charge in [-0.3, -0.25) is 9.52 Å². The van der Waals surface area contributed by atoms with Crippen LogP contribution < -0.4 is 10.0 Å². The number of nitrogens with one attached hydrogen (secondary N) is 2. The monoisotopic (exact) mass is 332 g/mol. The fourth-order valence-electron chi connectivity index (χ4n) is 1.81. The number of hydrogen-bond donors (Lipinski definition) is 2. The largest absolute Gasteiger partial charge is 0.341 e. The summed E-state index contributed by atoms with van der Waals surface area (Å²) in [6.07, 6.45) is 5.08. The molecule has 23 heavy (non-hydrogen) atoms. The van der Waals surface area contributed by atoms with Crippen LogP contribution in [0.25, 0.3) is 0 Å². The van der Waals surface area contributed by atoms with Gasteiger partial charge in [0.2, 0.25) is 0 Å². The van der Waals surface area contributed by atoms with Gasteiger partial charge in [0.25, 0.3) is 15.9 Å². The van der Waals surface area contributed by atoms with Gasteiger partial charge < -0.3 is 5.32 Å². The zero-order valence-corrected chi connectivity index (χ0v) is 12.7. The summed E-state index contributed by atoms with van der Waals surface area (Å²) in [5.74, 6) is 1.22. The molecule has 0 radical (unpaired) electrons. The molecule has 0 aliphatic heterocycles. The number of sulfonamides is 1. The van der Waals surface area contributed by atoms with E-state index in [0.29, 0.717) is 0 Å². The quantitative estimate of drug-likeness (QED) is 0.822. The van der Waals surface area contributed by atoms with Crippen molar-refractivity contribution in [1.29, 1.82) is 0 Å². The second kappa shape index (κ2) is 6.94. The van der Waals surface area contributed by atoms with Crippen LogP contribution in [0.15, 0.2) is 53.4 Å². The lowest BCUT2D eigenvalue weighted by atomic mass is 10.2. The van der Waals surface area contributed by atoms with Gasteiger partial charge in [0.05, 0.1) is 22.7 Å². The summed E-state index contributed by atoms with van der Waals surface area (Å²) < 4.78 is 39.8. The van der Waals surface area contributed by atoms with Gasteiger partial charge in [-0.2, -0.15) is 0 Å². The van der Waals surface area contributed by atoms with Crippen LogP contribution >= 0.6 is 0 Å². The van der Waals surface area contributed by atoms with Crippen LogP contribution in [0.1, 0.15) is 10.4 Å². The van der Waals surface area contributed by atoms with E-state index >= 15 is 0 Å². The second-order valence-electron chi connectivity index (χ2n) is 4.49. The molecule has 2 rings (SSSR count). The number of anilines is 1. The van der Waals surface area contributed by atoms with Gasteiger partial charge >= 0.3 is 0 Å². The van der Waals surface area contributed by atoms with Crippen molar-refractivity contribution in [2.75, 3.05) is 11.3 Å². The first-order valence-electron chi connectivity index (χ1n) is 6.53. The Morgan fingerprint density at radius 1 is 1.13 bits per heavy atom. The molecule has 0 aromatic heterocycles. The number of carbonyl (C=O) groups is 1. The molecule has 0 aliphatic rings. The number of carbonyl (C=O) groups excluding carboxylic acids is 1. The third-order valence-electron chi connectivity index (χ3n) is 2.89. The molecule has 0 bridgehead atoms. The van der Waals surface area contributed by atoms with E-state index in [4.69, 9.17) is 6.42 Å². The molecule has 7 heteroatoms. The van der Waals surface area contributed by atoms with Crippen LogP contribution in [-0.4, -0.2) is 20.9 Å². The molecular weight excluding hydrogens is 319 g/mol. The first-order chi connectivity index (χ1) is 10.9. The maximum absolute atomic E-state index is 12.9. The van der Waals surface area contributed by atoms with Crippen molar-refractivity contribution in [3.05, 3.63) is 59.9 Å². The smallest absolute Gasteiger partial charge is 0.261 e. The van der Waals surface area contributed by atoms with Gasteiger partial charge in [0.1, 0.15) is 5.82 Å². The average Bonchev–Trinajstić information content (AvgIpc) is 2.53. The molecule has 5 nitrogen and oxygen atoms in total. The Hall–Kier alpha value is -2.85. The van der Waals surface area contributed by atoms with Crippen molar-refractivity contribution in [3.63, 3.8) is 0 Å². The van der Waals surface area contributed by atoms with Crippen LogP contribution in [0.2, 0.25) is 0 Å². The van der Waals surface area contributed by atoms with E-state index in [-0.39, 0.29) is 22.7 Å². The van der Waals surface area contributed by atoms with Crippen molar-refractivity contribution >= 4 is 21.6 Å². The highest BCUT2D eigenvalue weighted by molar-refractivity contribution is 7.92. The minimum Gasteiger partial charge on any atom is -0.341 e. The minimum absolute atomic E-state index is 0.0257. The molecular formula is C16H13FN2O3S. The topological polar surface area (TPSA) is 75.3 Å². The molecule has 0 spiro atoms. The molecule has 118 valence electrons. The Kier molecular flexibility index (Phi) is 4.98. The van der Waals surface area contributed by atoms with Gasteiger partial charge in [-0.15, -0.1) is 6.42 Å². The fraction of sp³-hybridized carbons (Fsp3) is 0.0625. The number of para-hydroxylation sites is 1. The van der Waals surface area contributed by atoms with Gasteiger partial charge in [-0.05, 0) is 36.4 Å². The number of benzene rings is 2. The highest BCUT2D eigenvalue weighted by Crippen LogP contribution is 2.20. The number of hydrogen-bond acceptors (Lipinski definition) is 3. The summed E-state index contributed by atoms with van der Waals surface area (Å²) in [4.78, 5) is 11.9. The third kappa shape index (κ3) is 4.08. The molecule has 0 unspecified atom stereocenters. The highest BCUT2D eigenvalue weighted by atomic mass is 32.2. The van der Waals surface area contributed by atoms with Crippen molar-refractivity contribution in [2.45, 2.75) is 4.90 Å². The Balaban J connectivity index is 2.31. The van der Waals surface area contributed by atoms with Crippen LogP contribution in [0.5, 0.6) is 0 Å².